The number of aromatic nitrogens is 1. The van der Waals surface area contributed by atoms with Crippen LogP contribution in [-0.2, 0) is 13.0 Å². The lowest BCUT2D eigenvalue weighted by Gasteiger charge is -2.10. The molecule has 1 aromatic heterocycles. The second kappa shape index (κ2) is 6.29. The largest absolute Gasteiger partial charge is 0.369 e. The lowest BCUT2D eigenvalue weighted by molar-refractivity contribution is 0.627. The number of hydrogen-bond donors (Lipinski definition) is 2. The van der Waals surface area contributed by atoms with Gasteiger partial charge in [0.1, 0.15) is 11.6 Å². The molecule has 0 spiro atoms. The Morgan fingerprint density at radius 3 is 2.58 bits per heavy atom. The summed E-state index contributed by atoms with van der Waals surface area (Å²) in [7, 11) is 0. The van der Waals surface area contributed by atoms with Crippen molar-refractivity contribution in [2.75, 3.05) is 11.9 Å². The van der Waals surface area contributed by atoms with Gasteiger partial charge in [-0.3, -0.25) is 0 Å². The molecule has 0 saturated carbocycles. The van der Waals surface area contributed by atoms with Gasteiger partial charge in [-0.1, -0.05) is 18.2 Å². The van der Waals surface area contributed by atoms with Crippen molar-refractivity contribution in [2.45, 2.75) is 19.9 Å². The van der Waals surface area contributed by atoms with Crippen molar-refractivity contribution in [1.29, 1.82) is 0 Å². The van der Waals surface area contributed by atoms with Crippen molar-refractivity contribution in [1.82, 2.24) is 4.98 Å². The Kier molecular flexibility index (Phi) is 4.47. The predicted molar refractivity (Wildman–Crippen MR) is 75.5 cm³/mol. The first kappa shape index (κ1) is 13.5. The molecule has 2 rings (SSSR count). The fourth-order valence-electron chi connectivity index (χ4n) is 1.88. The molecule has 0 aliphatic rings. The molecule has 4 heteroatoms. The molecule has 2 aromatic rings. The number of nitrogens with one attached hydrogen (secondary N) is 1. The molecular formula is C15H18FN3. The lowest BCUT2D eigenvalue weighted by Crippen LogP contribution is -2.11. The first-order chi connectivity index (χ1) is 9.19. The van der Waals surface area contributed by atoms with Gasteiger partial charge in [-0.2, -0.15) is 0 Å². The molecule has 1 heterocycles. The fourth-order valence-corrected chi connectivity index (χ4v) is 1.88. The normalized spacial score (nSPS) is 10.5. The maximum absolute atomic E-state index is 12.8. The monoisotopic (exact) mass is 259 g/mol. The highest BCUT2D eigenvalue weighted by molar-refractivity contribution is 5.45. The summed E-state index contributed by atoms with van der Waals surface area (Å²) in [5.74, 6) is 0.632. The van der Waals surface area contributed by atoms with Crippen molar-refractivity contribution in [3.05, 3.63) is 59.0 Å². The van der Waals surface area contributed by atoms with Crippen molar-refractivity contribution in [3.8, 4) is 0 Å². The van der Waals surface area contributed by atoms with Crippen molar-refractivity contribution < 1.29 is 4.39 Å². The lowest BCUT2D eigenvalue weighted by atomic mass is 10.1. The Labute approximate surface area is 112 Å². The van der Waals surface area contributed by atoms with E-state index >= 15 is 0 Å². The van der Waals surface area contributed by atoms with Crippen LogP contribution >= 0.6 is 0 Å². The Morgan fingerprint density at radius 2 is 1.89 bits per heavy atom. The molecule has 1 aromatic carbocycles. The van der Waals surface area contributed by atoms with Crippen LogP contribution in [0.2, 0.25) is 0 Å². The van der Waals surface area contributed by atoms with Gasteiger partial charge in [-0.15, -0.1) is 0 Å². The van der Waals surface area contributed by atoms with Gasteiger partial charge < -0.3 is 11.1 Å². The number of nitrogens with two attached hydrogens (primary N) is 1. The summed E-state index contributed by atoms with van der Waals surface area (Å²) in [4.78, 5) is 4.44. The number of hydrogen-bond acceptors (Lipinski definition) is 3. The van der Waals surface area contributed by atoms with Gasteiger partial charge in [-0.25, -0.2) is 9.37 Å². The molecular weight excluding hydrogens is 241 g/mol. The average Bonchev–Trinajstić information content (AvgIpc) is 2.41. The van der Waals surface area contributed by atoms with Crippen LogP contribution in [0.15, 0.2) is 36.4 Å². The van der Waals surface area contributed by atoms with Gasteiger partial charge in [0.05, 0.1) is 0 Å². The minimum Gasteiger partial charge on any atom is -0.369 e. The van der Waals surface area contributed by atoms with Gasteiger partial charge in [0.2, 0.25) is 0 Å². The first-order valence-corrected chi connectivity index (χ1v) is 6.34. The summed E-state index contributed by atoms with van der Waals surface area (Å²) in [6.45, 7) is 3.16. The van der Waals surface area contributed by atoms with E-state index in [0.29, 0.717) is 6.54 Å². The van der Waals surface area contributed by atoms with Crippen LogP contribution in [0.3, 0.4) is 0 Å². The van der Waals surface area contributed by atoms with E-state index in [4.69, 9.17) is 5.73 Å². The Hall–Kier alpha value is -1.94. The minimum atomic E-state index is -0.206. The molecule has 100 valence electrons. The SMILES string of the molecule is Cc1ccc(CN)c(NCCc2ccc(F)cc2)n1. The number of nitrogens with zero attached hydrogens (tertiary/aromatic N) is 1. The molecule has 0 unspecified atom stereocenters. The van der Waals surface area contributed by atoms with Gasteiger partial charge in [-0.05, 0) is 37.1 Å². The van der Waals surface area contributed by atoms with Crippen molar-refractivity contribution >= 4 is 5.82 Å². The van der Waals surface area contributed by atoms with Gasteiger partial charge in [0.15, 0.2) is 0 Å². The Morgan fingerprint density at radius 1 is 1.16 bits per heavy atom. The topological polar surface area (TPSA) is 50.9 Å². The van der Waals surface area contributed by atoms with E-state index in [0.717, 1.165) is 35.6 Å². The predicted octanol–water partition coefficient (Wildman–Crippen LogP) is 2.64. The van der Waals surface area contributed by atoms with Crippen LogP contribution in [0.4, 0.5) is 10.2 Å². The Balaban J connectivity index is 1.95. The molecule has 0 saturated heterocycles. The van der Waals surface area contributed by atoms with Crippen LogP contribution in [0.25, 0.3) is 0 Å². The number of anilines is 1. The number of pyridine rings is 1. The zero-order valence-electron chi connectivity index (χ0n) is 11.0. The number of halogens is 1. The van der Waals surface area contributed by atoms with E-state index in [1.165, 1.54) is 12.1 Å². The van der Waals surface area contributed by atoms with E-state index in [1.807, 2.05) is 19.1 Å². The van der Waals surface area contributed by atoms with Gasteiger partial charge >= 0.3 is 0 Å². The van der Waals surface area contributed by atoms with E-state index in [-0.39, 0.29) is 5.82 Å². The van der Waals surface area contributed by atoms with Crippen LogP contribution in [0, 0.1) is 12.7 Å². The zero-order chi connectivity index (χ0) is 13.7. The highest BCUT2D eigenvalue weighted by Crippen LogP contribution is 2.13. The minimum absolute atomic E-state index is 0.206. The standard InChI is InChI=1S/C15H18FN3/c1-11-2-5-13(10-17)15(19-11)18-9-8-12-3-6-14(16)7-4-12/h2-7H,8-10,17H2,1H3,(H,18,19). The van der Waals surface area contributed by atoms with Crippen LogP contribution < -0.4 is 11.1 Å². The molecule has 0 bridgehead atoms. The molecule has 0 amide bonds. The van der Waals surface area contributed by atoms with Gasteiger partial charge in [0.25, 0.3) is 0 Å². The van der Waals surface area contributed by atoms with Crippen molar-refractivity contribution in [3.63, 3.8) is 0 Å². The molecule has 0 fully saturated rings. The molecule has 0 atom stereocenters. The number of rotatable bonds is 5. The molecule has 19 heavy (non-hydrogen) atoms. The first-order valence-electron chi connectivity index (χ1n) is 6.34. The fraction of sp³-hybridized carbons (Fsp3) is 0.267. The molecule has 0 aliphatic carbocycles. The highest BCUT2D eigenvalue weighted by atomic mass is 19.1. The molecule has 3 nitrogen and oxygen atoms in total. The summed E-state index contributed by atoms with van der Waals surface area (Å²) in [5.41, 5.74) is 8.74. The van der Waals surface area contributed by atoms with E-state index in [9.17, 15) is 4.39 Å². The summed E-state index contributed by atoms with van der Waals surface area (Å²) in [6.07, 6.45) is 0.819. The second-order valence-corrected chi connectivity index (χ2v) is 4.47. The number of benzene rings is 1. The third-order valence-corrected chi connectivity index (χ3v) is 2.96. The van der Waals surface area contributed by atoms with Crippen molar-refractivity contribution in [2.24, 2.45) is 5.73 Å². The van der Waals surface area contributed by atoms with Gasteiger partial charge in [0, 0.05) is 24.3 Å². The van der Waals surface area contributed by atoms with E-state index in [1.54, 1.807) is 12.1 Å². The van der Waals surface area contributed by atoms with Crippen LogP contribution in [0.1, 0.15) is 16.8 Å². The quantitative estimate of drug-likeness (QED) is 0.868. The second-order valence-electron chi connectivity index (χ2n) is 4.47. The van der Waals surface area contributed by atoms with Crippen LogP contribution in [0.5, 0.6) is 0 Å². The molecule has 0 radical (unpaired) electrons. The summed E-state index contributed by atoms with van der Waals surface area (Å²) >= 11 is 0. The Bertz CT molecular complexity index is 538. The smallest absolute Gasteiger partial charge is 0.130 e. The van der Waals surface area contributed by atoms with E-state index in [2.05, 4.69) is 10.3 Å². The average molecular weight is 259 g/mol. The zero-order valence-corrected chi connectivity index (χ0v) is 11.0. The maximum atomic E-state index is 12.8. The number of aryl methyl sites for hydroxylation is 1. The maximum Gasteiger partial charge on any atom is 0.130 e. The third-order valence-electron chi connectivity index (χ3n) is 2.96. The summed E-state index contributed by atoms with van der Waals surface area (Å²) < 4.78 is 12.8. The van der Waals surface area contributed by atoms with Crippen LogP contribution in [-0.4, -0.2) is 11.5 Å². The summed E-state index contributed by atoms with van der Waals surface area (Å²) in [6, 6.07) is 10.5. The third kappa shape index (κ3) is 3.76. The highest BCUT2D eigenvalue weighted by Gasteiger charge is 2.02. The summed E-state index contributed by atoms with van der Waals surface area (Å²) in [5, 5.41) is 3.28. The van der Waals surface area contributed by atoms with E-state index < -0.39 is 0 Å². The molecule has 0 aliphatic heterocycles. The molecule has 3 N–H and O–H groups in total.